The predicted molar refractivity (Wildman–Crippen MR) is 127 cm³/mol. The van der Waals surface area contributed by atoms with Crippen molar-refractivity contribution >= 4 is 41.1 Å². The Morgan fingerprint density at radius 2 is 2.15 bits per heavy atom. The summed E-state index contributed by atoms with van der Waals surface area (Å²) in [4.78, 5) is 13.4. The summed E-state index contributed by atoms with van der Waals surface area (Å²) < 4.78 is 22.0. The van der Waals surface area contributed by atoms with E-state index in [1.165, 1.54) is 24.1 Å². The van der Waals surface area contributed by atoms with Gasteiger partial charge in [-0.25, -0.2) is 8.70 Å². The molecule has 0 saturated carbocycles. The van der Waals surface area contributed by atoms with Crippen LogP contribution in [0.15, 0.2) is 41.3 Å². The fourth-order valence-electron chi connectivity index (χ4n) is 3.93. The standard InChI is InChI=1S/C23H23Cl2FN4O2S/c24-16-4-6-21(18(25)8-16)33-30-12-23(13-30,11-29-22(31)20-2-1-7-28-20)14-32-17-5-3-15(10-27)19(26)9-17/h3-6,8-9,20,28H,1-2,7,11-14H2,(H,29,31). The largest absolute Gasteiger partial charge is 0.493 e. The molecule has 1 unspecified atom stereocenters. The summed E-state index contributed by atoms with van der Waals surface area (Å²) in [7, 11) is 0. The van der Waals surface area contributed by atoms with Gasteiger partial charge in [-0.15, -0.1) is 0 Å². The Balaban J connectivity index is 1.40. The molecule has 174 valence electrons. The first-order valence-corrected chi connectivity index (χ1v) is 12.1. The Hall–Kier alpha value is -2.02. The summed E-state index contributed by atoms with van der Waals surface area (Å²) in [5.41, 5.74) is -0.371. The SMILES string of the molecule is N#Cc1ccc(OCC2(CNC(=O)C3CCCN3)CN(Sc3ccc(Cl)cc3Cl)C2)cc1F. The van der Waals surface area contributed by atoms with E-state index in [0.717, 1.165) is 24.3 Å². The second-order valence-corrected chi connectivity index (χ2v) is 10.4. The Labute approximate surface area is 206 Å². The molecule has 2 heterocycles. The molecule has 0 spiro atoms. The summed E-state index contributed by atoms with van der Waals surface area (Å²) in [5, 5.41) is 16.3. The van der Waals surface area contributed by atoms with E-state index in [4.69, 9.17) is 33.2 Å². The van der Waals surface area contributed by atoms with Gasteiger partial charge in [-0.05, 0) is 61.7 Å². The van der Waals surface area contributed by atoms with Gasteiger partial charge in [-0.3, -0.25) is 4.79 Å². The van der Waals surface area contributed by atoms with Gasteiger partial charge in [-0.2, -0.15) is 5.26 Å². The summed E-state index contributed by atoms with van der Waals surface area (Å²) in [5.74, 6) is -0.280. The molecule has 33 heavy (non-hydrogen) atoms. The van der Waals surface area contributed by atoms with E-state index in [1.54, 1.807) is 24.3 Å². The summed E-state index contributed by atoms with van der Waals surface area (Å²) in [6, 6.07) is 11.2. The fourth-order valence-corrected chi connectivity index (χ4v) is 5.67. The summed E-state index contributed by atoms with van der Waals surface area (Å²) in [6.45, 7) is 2.88. The van der Waals surface area contributed by atoms with E-state index in [-0.39, 0.29) is 22.9 Å². The van der Waals surface area contributed by atoms with Gasteiger partial charge >= 0.3 is 0 Å². The molecule has 2 aromatic rings. The Morgan fingerprint density at radius 3 is 2.82 bits per heavy atom. The minimum absolute atomic E-state index is 0.0110. The zero-order valence-electron chi connectivity index (χ0n) is 17.7. The minimum atomic E-state index is -0.618. The molecule has 1 amide bonds. The Kier molecular flexibility index (Phi) is 7.67. The molecule has 10 heteroatoms. The number of nitrogens with zero attached hydrogens (tertiary/aromatic N) is 2. The molecule has 2 aromatic carbocycles. The monoisotopic (exact) mass is 508 g/mol. The molecule has 2 N–H and O–H groups in total. The molecule has 0 aromatic heterocycles. The van der Waals surface area contributed by atoms with Crippen LogP contribution in [0, 0.1) is 22.6 Å². The lowest BCUT2D eigenvalue weighted by atomic mass is 9.82. The maximum Gasteiger partial charge on any atom is 0.237 e. The van der Waals surface area contributed by atoms with Crippen molar-refractivity contribution in [1.29, 1.82) is 5.26 Å². The first kappa shape index (κ1) is 24.1. The molecule has 0 radical (unpaired) electrons. The van der Waals surface area contributed by atoms with E-state index in [1.807, 2.05) is 6.07 Å². The summed E-state index contributed by atoms with van der Waals surface area (Å²) >= 11 is 13.8. The second-order valence-electron chi connectivity index (χ2n) is 8.37. The molecule has 2 fully saturated rings. The molecule has 2 aliphatic heterocycles. The smallest absolute Gasteiger partial charge is 0.237 e. The van der Waals surface area contributed by atoms with Gasteiger partial charge in [0.15, 0.2) is 0 Å². The average Bonchev–Trinajstić information content (AvgIpc) is 3.31. The number of rotatable bonds is 8. The van der Waals surface area contributed by atoms with Gasteiger partial charge in [0, 0.05) is 41.0 Å². The van der Waals surface area contributed by atoms with Crippen LogP contribution in [-0.4, -0.2) is 49.0 Å². The normalized spacial score (nSPS) is 19.5. The van der Waals surface area contributed by atoms with Gasteiger partial charge in [0.05, 0.1) is 23.2 Å². The first-order chi connectivity index (χ1) is 15.9. The van der Waals surface area contributed by atoms with Gasteiger partial charge in [0.25, 0.3) is 0 Å². The fraction of sp³-hybridized carbons (Fsp3) is 0.391. The molecular formula is C23H23Cl2FN4O2S. The van der Waals surface area contributed by atoms with Crippen molar-refractivity contribution in [2.24, 2.45) is 5.41 Å². The highest BCUT2D eigenvalue weighted by Gasteiger charge is 2.45. The molecule has 6 nitrogen and oxygen atoms in total. The van der Waals surface area contributed by atoms with Crippen molar-refractivity contribution in [3.8, 4) is 11.8 Å². The highest BCUT2D eigenvalue weighted by atomic mass is 35.5. The molecule has 0 aliphatic carbocycles. The van der Waals surface area contributed by atoms with Crippen molar-refractivity contribution in [2.45, 2.75) is 23.8 Å². The first-order valence-electron chi connectivity index (χ1n) is 10.6. The maximum atomic E-state index is 14.0. The van der Waals surface area contributed by atoms with Crippen LogP contribution in [0.3, 0.4) is 0 Å². The van der Waals surface area contributed by atoms with Crippen molar-refractivity contribution in [2.75, 3.05) is 32.8 Å². The van der Waals surface area contributed by atoms with Gasteiger partial charge in [0.2, 0.25) is 5.91 Å². The van der Waals surface area contributed by atoms with E-state index in [0.29, 0.717) is 42.0 Å². The Morgan fingerprint density at radius 1 is 1.33 bits per heavy atom. The number of benzene rings is 2. The molecule has 4 rings (SSSR count). The number of nitrogens with one attached hydrogen (secondary N) is 2. The van der Waals surface area contributed by atoms with Crippen LogP contribution in [0.25, 0.3) is 0 Å². The van der Waals surface area contributed by atoms with Crippen LogP contribution in [0.4, 0.5) is 4.39 Å². The number of carbonyl (C=O) groups excluding carboxylic acids is 1. The zero-order valence-corrected chi connectivity index (χ0v) is 20.1. The van der Waals surface area contributed by atoms with Crippen LogP contribution in [-0.2, 0) is 4.79 Å². The van der Waals surface area contributed by atoms with Gasteiger partial charge < -0.3 is 15.4 Å². The third kappa shape index (κ3) is 5.92. The lowest BCUT2D eigenvalue weighted by Crippen LogP contribution is -2.62. The number of amides is 1. The second kappa shape index (κ2) is 10.5. The van der Waals surface area contributed by atoms with Gasteiger partial charge in [-0.1, -0.05) is 23.2 Å². The number of halogens is 3. The lowest BCUT2D eigenvalue weighted by Gasteiger charge is -2.49. The lowest BCUT2D eigenvalue weighted by molar-refractivity contribution is -0.124. The third-order valence-corrected chi connectivity index (χ3v) is 7.49. The summed E-state index contributed by atoms with van der Waals surface area (Å²) in [6.07, 6.45) is 1.82. The highest BCUT2D eigenvalue weighted by molar-refractivity contribution is 7.97. The van der Waals surface area contributed by atoms with E-state index < -0.39 is 5.82 Å². The van der Waals surface area contributed by atoms with Crippen LogP contribution < -0.4 is 15.4 Å². The van der Waals surface area contributed by atoms with Crippen molar-refractivity contribution in [3.05, 3.63) is 57.8 Å². The topological polar surface area (TPSA) is 77.4 Å². The molecular weight excluding hydrogens is 486 g/mol. The van der Waals surface area contributed by atoms with E-state index >= 15 is 0 Å². The number of nitriles is 1. The van der Waals surface area contributed by atoms with Crippen molar-refractivity contribution < 1.29 is 13.9 Å². The van der Waals surface area contributed by atoms with E-state index in [9.17, 15) is 9.18 Å². The predicted octanol–water partition coefficient (Wildman–Crippen LogP) is 4.26. The average molecular weight is 509 g/mol. The minimum Gasteiger partial charge on any atom is -0.493 e. The van der Waals surface area contributed by atoms with Crippen LogP contribution in [0.2, 0.25) is 10.0 Å². The van der Waals surface area contributed by atoms with Gasteiger partial charge in [0.1, 0.15) is 17.6 Å². The van der Waals surface area contributed by atoms with E-state index in [2.05, 4.69) is 14.9 Å². The molecule has 2 aliphatic rings. The molecule has 1 atom stereocenters. The molecule has 2 saturated heterocycles. The Bertz CT molecular complexity index is 1070. The van der Waals surface area contributed by atoms with Crippen LogP contribution in [0.5, 0.6) is 5.75 Å². The third-order valence-electron chi connectivity index (χ3n) is 5.77. The highest BCUT2D eigenvalue weighted by Crippen LogP contribution is 2.41. The number of ether oxygens (including phenoxy) is 1. The number of hydrogen-bond acceptors (Lipinski definition) is 6. The van der Waals surface area contributed by atoms with Crippen molar-refractivity contribution in [3.63, 3.8) is 0 Å². The molecule has 0 bridgehead atoms. The van der Waals surface area contributed by atoms with Crippen molar-refractivity contribution in [1.82, 2.24) is 14.9 Å². The quantitative estimate of drug-likeness (QED) is 0.518. The van der Waals surface area contributed by atoms with Crippen LogP contribution in [0.1, 0.15) is 18.4 Å². The number of hydrogen-bond donors (Lipinski definition) is 2. The number of carbonyl (C=O) groups is 1. The zero-order chi connectivity index (χ0) is 23.4. The maximum absolute atomic E-state index is 14.0. The van der Waals surface area contributed by atoms with Crippen LogP contribution >= 0.6 is 35.1 Å².